The molecular formula is C9H10Cl2O4S2. The van der Waals surface area contributed by atoms with E-state index in [4.69, 9.17) is 23.2 Å². The molecular weight excluding hydrogens is 307 g/mol. The molecule has 0 saturated heterocycles. The monoisotopic (exact) mass is 316 g/mol. The van der Waals surface area contributed by atoms with Crippen LogP contribution in [0.1, 0.15) is 0 Å². The molecule has 0 aromatic carbocycles. The first-order valence-electron chi connectivity index (χ1n) is 4.37. The highest BCUT2D eigenvalue weighted by molar-refractivity contribution is 8.13. The van der Waals surface area contributed by atoms with Gasteiger partial charge in [0.05, 0.1) is 5.38 Å². The van der Waals surface area contributed by atoms with Gasteiger partial charge < -0.3 is 0 Å². The lowest BCUT2D eigenvalue weighted by Gasteiger charge is -2.15. The normalized spacial score (nSPS) is 21.3. The standard InChI is InChI=1S/C9H10Cl2O4S2/c1-16(12,13)9(17(2,14)15)7-4-3-6(10)5-8(7)11/h3-5,8H,1-2H3. The van der Waals surface area contributed by atoms with Crippen LogP contribution in [-0.2, 0) is 19.7 Å². The van der Waals surface area contributed by atoms with Gasteiger partial charge in [0.15, 0.2) is 23.9 Å². The van der Waals surface area contributed by atoms with E-state index >= 15 is 0 Å². The highest BCUT2D eigenvalue weighted by atomic mass is 35.5. The molecule has 96 valence electrons. The largest absolute Gasteiger partial charge is 0.223 e. The van der Waals surface area contributed by atoms with Crippen molar-refractivity contribution < 1.29 is 16.8 Å². The summed E-state index contributed by atoms with van der Waals surface area (Å²) in [6.45, 7) is 0. The Bertz CT molecular complexity index is 590. The number of rotatable bonds is 2. The predicted molar refractivity (Wildman–Crippen MR) is 69.4 cm³/mol. The fourth-order valence-electron chi connectivity index (χ4n) is 1.43. The summed E-state index contributed by atoms with van der Waals surface area (Å²) in [5.74, 6) is 0. The van der Waals surface area contributed by atoms with Gasteiger partial charge in [-0.25, -0.2) is 16.8 Å². The van der Waals surface area contributed by atoms with Crippen molar-refractivity contribution >= 4 is 42.9 Å². The van der Waals surface area contributed by atoms with Crippen LogP contribution >= 0.6 is 23.2 Å². The lowest BCUT2D eigenvalue weighted by molar-refractivity contribution is 0.600. The highest BCUT2D eigenvalue weighted by Crippen LogP contribution is 2.29. The van der Waals surface area contributed by atoms with Gasteiger partial charge in [0.2, 0.25) is 0 Å². The van der Waals surface area contributed by atoms with Crippen molar-refractivity contribution in [3.8, 4) is 0 Å². The van der Waals surface area contributed by atoms with E-state index in [2.05, 4.69) is 0 Å². The molecule has 0 N–H and O–H groups in total. The number of hydrogen-bond acceptors (Lipinski definition) is 4. The average Bonchev–Trinajstić information content (AvgIpc) is 2.04. The topological polar surface area (TPSA) is 68.3 Å². The molecule has 0 heterocycles. The molecule has 0 aliphatic heterocycles. The van der Waals surface area contributed by atoms with Crippen LogP contribution < -0.4 is 0 Å². The molecule has 1 rings (SSSR count). The molecule has 0 saturated carbocycles. The molecule has 0 bridgehead atoms. The van der Waals surface area contributed by atoms with Gasteiger partial charge in [-0.2, -0.15) is 0 Å². The molecule has 17 heavy (non-hydrogen) atoms. The molecule has 8 heteroatoms. The summed E-state index contributed by atoms with van der Waals surface area (Å²) in [5, 5.41) is -0.554. The van der Waals surface area contributed by atoms with Crippen molar-refractivity contribution in [2.75, 3.05) is 12.5 Å². The van der Waals surface area contributed by atoms with E-state index in [1.54, 1.807) is 0 Å². The zero-order valence-corrected chi connectivity index (χ0v) is 12.2. The predicted octanol–water partition coefficient (Wildman–Crippen LogP) is 1.59. The zero-order chi connectivity index (χ0) is 13.4. The van der Waals surface area contributed by atoms with Gasteiger partial charge in [-0.15, -0.1) is 11.6 Å². The number of hydrogen-bond donors (Lipinski definition) is 0. The summed E-state index contributed by atoms with van der Waals surface area (Å²) in [7, 11) is -7.78. The van der Waals surface area contributed by atoms with Crippen LogP contribution in [0.25, 0.3) is 0 Å². The van der Waals surface area contributed by atoms with Crippen molar-refractivity contribution in [3.63, 3.8) is 0 Å². The van der Waals surface area contributed by atoms with E-state index in [1.807, 2.05) is 0 Å². The van der Waals surface area contributed by atoms with Crippen LogP contribution in [0.15, 0.2) is 33.1 Å². The summed E-state index contributed by atoms with van der Waals surface area (Å²) in [5.41, 5.74) is 0.0149. The number of alkyl halides is 1. The van der Waals surface area contributed by atoms with Gasteiger partial charge in [-0.05, 0) is 12.2 Å². The fraction of sp³-hybridized carbons (Fsp3) is 0.333. The van der Waals surface area contributed by atoms with Gasteiger partial charge in [0.25, 0.3) is 0 Å². The quantitative estimate of drug-likeness (QED) is 0.725. The minimum absolute atomic E-state index is 0.0149. The van der Waals surface area contributed by atoms with Crippen LogP contribution in [0.3, 0.4) is 0 Å². The van der Waals surface area contributed by atoms with E-state index in [9.17, 15) is 16.8 Å². The third-order valence-corrected chi connectivity index (χ3v) is 6.18. The first-order chi connectivity index (χ1) is 7.53. The highest BCUT2D eigenvalue weighted by Gasteiger charge is 2.29. The van der Waals surface area contributed by atoms with E-state index in [1.165, 1.54) is 18.2 Å². The van der Waals surface area contributed by atoms with Crippen LogP contribution in [-0.4, -0.2) is 34.7 Å². The molecule has 1 aliphatic rings. The summed E-state index contributed by atoms with van der Waals surface area (Å²) in [6.07, 6.45) is 5.72. The number of allylic oxidation sites excluding steroid dienone is 5. The third-order valence-electron chi connectivity index (χ3n) is 1.93. The van der Waals surface area contributed by atoms with Gasteiger partial charge in [0.1, 0.15) is 0 Å². The Morgan fingerprint density at radius 1 is 1.12 bits per heavy atom. The smallest absolute Gasteiger partial charge is 0.186 e. The zero-order valence-electron chi connectivity index (χ0n) is 9.01. The maximum Gasteiger partial charge on any atom is 0.186 e. The molecule has 1 unspecified atom stereocenters. The average molecular weight is 317 g/mol. The Labute approximate surface area is 110 Å². The van der Waals surface area contributed by atoms with Gasteiger partial charge in [-0.1, -0.05) is 17.7 Å². The maximum atomic E-state index is 11.5. The van der Waals surface area contributed by atoms with E-state index in [0.29, 0.717) is 5.03 Å². The van der Waals surface area contributed by atoms with Crippen molar-refractivity contribution in [2.24, 2.45) is 0 Å². The minimum atomic E-state index is -3.89. The van der Waals surface area contributed by atoms with Crippen LogP contribution in [0.5, 0.6) is 0 Å². The van der Waals surface area contributed by atoms with Crippen LogP contribution in [0.4, 0.5) is 0 Å². The van der Waals surface area contributed by atoms with Crippen molar-refractivity contribution in [3.05, 3.63) is 33.1 Å². The van der Waals surface area contributed by atoms with E-state index in [0.717, 1.165) is 12.5 Å². The molecule has 0 fully saturated rings. The molecule has 0 radical (unpaired) electrons. The Hall–Kier alpha value is -0.300. The van der Waals surface area contributed by atoms with Crippen LogP contribution in [0, 0.1) is 0 Å². The third kappa shape index (κ3) is 3.58. The molecule has 1 aliphatic carbocycles. The Kier molecular flexibility index (Phi) is 4.13. The number of sulfone groups is 2. The number of halogens is 2. The van der Waals surface area contributed by atoms with Crippen LogP contribution in [0.2, 0.25) is 0 Å². The summed E-state index contributed by atoms with van der Waals surface area (Å²) in [4.78, 5) is 0. The minimum Gasteiger partial charge on any atom is -0.223 e. The SMILES string of the molecule is CS(=O)(=O)C(=C1C=CC(Cl)=CC1Cl)S(C)(=O)=O. The second-order valence-electron chi connectivity index (χ2n) is 3.57. The second kappa shape index (κ2) is 4.76. The fourth-order valence-corrected chi connectivity index (χ4v) is 5.58. The molecule has 1 atom stereocenters. The van der Waals surface area contributed by atoms with Crippen molar-refractivity contribution in [2.45, 2.75) is 5.38 Å². The van der Waals surface area contributed by atoms with Gasteiger partial charge in [-0.3, -0.25) is 0 Å². The van der Waals surface area contributed by atoms with E-state index < -0.39 is 29.3 Å². The van der Waals surface area contributed by atoms with Crippen molar-refractivity contribution in [1.82, 2.24) is 0 Å². The molecule has 4 nitrogen and oxygen atoms in total. The first-order valence-corrected chi connectivity index (χ1v) is 8.97. The molecule has 0 amide bonds. The van der Waals surface area contributed by atoms with Gasteiger partial charge >= 0.3 is 0 Å². The Morgan fingerprint density at radius 2 is 1.59 bits per heavy atom. The van der Waals surface area contributed by atoms with Gasteiger partial charge in [0, 0.05) is 23.1 Å². The molecule has 0 aromatic heterocycles. The Morgan fingerprint density at radius 3 is 1.94 bits per heavy atom. The molecule has 0 spiro atoms. The lowest BCUT2D eigenvalue weighted by Crippen LogP contribution is -2.18. The first kappa shape index (κ1) is 14.8. The second-order valence-corrected chi connectivity index (χ2v) is 8.64. The maximum absolute atomic E-state index is 11.5. The summed E-state index contributed by atoms with van der Waals surface area (Å²) < 4.78 is 45.4. The van der Waals surface area contributed by atoms with E-state index in [-0.39, 0.29) is 5.57 Å². The van der Waals surface area contributed by atoms with Crippen molar-refractivity contribution in [1.29, 1.82) is 0 Å². The lowest BCUT2D eigenvalue weighted by atomic mass is 10.1. The molecule has 0 aromatic rings. The summed E-state index contributed by atoms with van der Waals surface area (Å²) >= 11 is 11.6. The Balaban J connectivity index is 3.61. The summed E-state index contributed by atoms with van der Waals surface area (Å²) in [6, 6.07) is 0.